The molecule has 2 atom stereocenters. The van der Waals surface area contributed by atoms with Gasteiger partial charge in [-0.2, -0.15) is 18.3 Å². The van der Waals surface area contributed by atoms with Crippen molar-refractivity contribution in [2.75, 3.05) is 0 Å². The molecule has 11 heteroatoms. The maximum Gasteiger partial charge on any atom is 0.471 e. The summed E-state index contributed by atoms with van der Waals surface area (Å²) < 4.78 is 45.9. The van der Waals surface area contributed by atoms with Crippen molar-refractivity contribution >= 4 is 28.4 Å². The van der Waals surface area contributed by atoms with E-state index in [4.69, 9.17) is 16.3 Å². The average molecular weight is 476 g/mol. The molecule has 0 fully saturated rings. The van der Waals surface area contributed by atoms with Crippen LogP contribution >= 0.6 is 11.6 Å². The van der Waals surface area contributed by atoms with Crippen LogP contribution in [0.3, 0.4) is 0 Å². The number of aromatic nitrogens is 4. The van der Waals surface area contributed by atoms with Gasteiger partial charge in [0.25, 0.3) is 0 Å². The Labute approximate surface area is 191 Å². The molecule has 7 nitrogen and oxygen atoms in total. The first kappa shape index (κ1) is 22.5. The number of nitrogens with one attached hydrogen (secondary N) is 1. The third-order valence-electron chi connectivity index (χ3n) is 4.84. The Morgan fingerprint density at radius 1 is 1.09 bits per heavy atom. The van der Waals surface area contributed by atoms with Crippen molar-refractivity contribution in [3.8, 4) is 11.6 Å². The van der Waals surface area contributed by atoms with Gasteiger partial charge in [0.05, 0.1) is 17.8 Å². The first-order chi connectivity index (χ1) is 15.7. The lowest BCUT2D eigenvalue weighted by molar-refractivity contribution is -0.174. The zero-order chi connectivity index (χ0) is 23.6. The molecule has 1 N–H and O–H groups in total. The average Bonchev–Trinajstić information content (AvgIpc) is 3.21. The number of carbonyl (C=O) groups is 1. The van der Waals surface area contributed by atoms with Gasteiger partial charge in [-0.1, -0.05) is 41.9 Å². The first-order valence-electron chi connectivity index (χ1n) is 9.79. The maximum atomic E-state index is 12.8. The molecule has 0 aliphatic carbocycles. The molecule has 0 bridgehead atoms. The third kappa shape index (κ3) is 5.06. The fraction of sp³-hybridized carbons (Fsp3) is 0.182. The predicted molar refractivity (Wildman–Crippen MR) is 115 cm³/mol. The molecule has 2 heterocycles. The summed E-state index contributed by atoms with van der Waals surface area (Å²) in [7, 11) is 0. The highest BCUT2D eigenvalue weighted by molar-refractivity contribution is 6.29. The number of nitrogens with zero attached hydrogens (tertiary/aromatic N) is 4. The number of alkyl halides is 3. The second kappa shape index (κ2) is 9.07. The van der Waals surface area contributed by atoms with Crippen molar-refractivity contribution in [1.29, 1.82) is 0 Å². The van der Waals surface area contributed by atoms with Gasteiger partial charge in [-0.05, 0) is 42.8 Å². The normalized spacial score (nSPS) is 13.5. The number of fused-ring (bicyclic) bond motifs is 1. The molecule has 0 aliphatic heterocycles. The minimum atomic E-state index is -4.99. The van der Waals surface area contributed by atoms with Crippen LogP contribution in [0.4, 0.5) is 13.2 Å². The minimum absolute atomic E-state index is 0.254. The summed E-state index contributed by atoms with van der Waals surface area (Å²) in [5.74, 6) is -1.17. The van der Waals surface area contributed by atoms with Crippen molar-refractivity contribution in [2.45, 2.75) is 25.2 Å². The fourth-order valence-corrected chi connectivity index (χ4v) is 3.40. The van der Waals surface area contributed by atoms with Gasteiger partial charge < -0.3 is 10.1 Å². The topological polar surface area (TPSA) is 81.9 Å². The second-order valence-electron chi connectivity index (χ2n) is 7.20. The summed E-state index contributed by atoms with van der Waals surface area (Å²) in [6, 6.07) is 16.1. The van der Waals surface area contributed by atoms with Crippen molar-refractivity contribution in [3.63, 3.8) is 0 Å². The molecule has 0 spiro atoms. The van der Waals surface area contributed by atoms with Crippen LogP contribution in [0.15, 0.2) is 66.9 Å². The molecule has 170 valence electrons. The molecule has 33 heavy (non-hydrogen) atoms. The van der Waals surface area contributed by atoms with E-state index in [2.05, 4.69) is 15.3 Å². The summed E-state index contributed by atoms with van der Waals surface area (Å²) >= 11 is 5.78. The van der Waals surface area contributed by atoms with Gasteiger partial charge in [-0.25, -0.2) is 4.68 Å². The van der Waals surface area contributed by atoms with Crippen LogP contribution in [0, 0.1) is 0 Å². The van der Waals surface area contributed by atoms with E-state index in [0.29, 0.717) is 28.0 Å². The highest BCUT2D eigenvalue weighted by Gasteiger charge is 2.40. The highest BCUT2D eigenvalue weighted by Crippen LogP contribution is 2.29. The van der Waals surface area contributed by atoms with Crippen LogP contribution in [0.2, 0.25) is 5.15 Å². The number of ether oxygens (including phenoxy) is 1. The molecular weight excluding hydrogens is 459 g/mol. The van der Waals surface area contributed by atoms with E-state index in [1.807, 2.05) is 5.32 Å². The molecular formula is C22H17ClF3N5O2. The quantitative estimate of drug-likeness (QED) is 0.439. The number of halogens is 4. The fourth-order valence-electron chi connectivity index (χ4n) is 3.30. The maximum absolute atomic E-state index is 12.8. The Morgan fingerprint density at radius 2 is 1.85 bits per heavy atom. The summed E-state index contributed by atoms with van der Waals surface area (Å²) in [5, 5.41) is 15.1. The van der Waals surface area contributed by atoms with Gasteiger partial charge in [-0.3, -0.25) is 4.79 Å². The van der Waals surface area contributed by atoms with Crippen LogP contribution in [0.1, 0.15) is 18.6 Å². The number of benzene rings is 2. The van der Waals surface area contributed by atoms with Crippen molar-refractivity contribution in [1.82, 2.24) is 25.3 Å². The summed E-state index contributed by atoms with van der Waals surface area (Å²) in [6.07, 6.45) is -4.26. The first-order valence-corrected chi connectivity index (χ1v) is 10.2. The van der Waals surface area contributed by atoms with Gasteiger partial charge >= 0.3 is 12.1 Å². The van der Waals surface area contributed by atoms with Crippen molar-refractivity contribution in [2.24, 2.45) is 0 Å². The van der Waals surface area contributed by atoms with E-state index in [1.54, 1.807) is 71.5 Å². The highest BCUT2D eigenvalue weighted by atomic mass is 35.5. The summed E-state index contributed by atoms with van der Waals surface area (Å²) in [4.78, 5) is 11.5. The molecule has 0 aliphatic rings. The lowest BCUT2D eigenvalue weighted by atomic mass is 10.0. The van der Waals surface area contributed by atoms with Gasteiger partial charge in [0.15, 0.2) is 11.0 Å². The summed E-state index contributed by atoms with van der Waals surface area (Å²) in [6.45, 7) is 1.46. The van der Waals surface area contributed by atoms with Gasteiger partial charge in [0.1, 0.15) is 11.9 Å². The zero-order valence-corrected chi connectivity index (χ0v) is 17.9. The Bertz CT molecular complexity index is 1260. The van der Waals surface area contributed by atoms with Gasteiger partial charge in [0, 0.05) is 5.39 Å². The number of carbonyl (C=O) groups excluding carboxylic acids is 1. The molecule has 2 aromatic heterocycles. The van der Waals surface area contributed by atoms with Crippen LogP contribution in [0.25, 0.3) is 16.7 Å². The van der Waals surface area contributed by atoms with E-state index >= 15 is 0 Å². The SMILES string of the molecule is C[C@H](NC(=O)C(F)(F)F)[C@H](Oc1ccc2c(cnn2-c2ccc(Cl)nn2)c1)c1ccccc1. The predicted octanol–water partition coefficient (Wildman–Crippen LogP) is 4.66. The molecule has 4 aromatic rings. The third-order valence-corrected chi connectivity index (χ3v) is 5.04. The van der Waals surface area contributed by atoms with E-state index in [0.717, 1.165) is 0 Å². The van der Waals surface area contributed by atoms with E-state index < -0.39 is 24.2 Å². The number of hydrogen-bond acceptors (Lipinski definition) is 5. The lowest BCUT2D eigenvalue weighted by Gasteiger charge is -2.27. The molecule has 0 radical (unpaired) electrons. The minimum Gasteiger partial charge on any atom is -0.484 e. The van der Waals surface area contributed by atoms with Gasteiger partial charge in [0.2, 0.25) is 0 Å². The second-order valence-corrected chi connectivity index (χ2v) is 7.59. The van der Waals surface area contributed by atoms with Crippen LogP contribution in [0.5, 0.6) is 5.75 Å². The van der Waals surface area contributed by atoms with E-state index in [9.17, 15) is 18.0 Å². The lowest BCUT2D eigenvalue weighted by Crippen LogP contribution is -2.45. The standard InChI is InChI=1S/C22H17ClF3N5O2/c1-13(28-21(32)22(24,25)26)20(14-5-3-2-4-6-14)33-16-7-8-17-15(11-16)12-27-31(17)19-10-9-18(23)29-30-19/h2-13,20H,1H3,(H,28,32)/t13-,20-/m0/s1. The van der Waals surface area contributed by atoms with Crippen molar-refractivity contribution in [3.05, 3.63) is 77.6 Å². The Kier molecular flexibility index (Phi) is 6.19. The Hall–Kier alpha value is -3.66. The molecule has 0 saturated heterocycles. The zero-order valence-electron chi connectivity index (χ0n) is 17.1. The smallest absolute Gasteiger partial charge is 0.471 e. The van der Waals surface area contributed by atoms with E-state index in [-0.39, 0.29) is 5.15 Å². The van der Waals surface area contributed by atoms with Crippen LogP contribution in [-0.2, 0) is 4.79 Å². The molecule has 0 saturated carbocycles. The largest absolute Gasteiger partial charge is 0.484 e. The summed E-state index contributed by atoms with van der Waals surface area (Å²) in [5.41, 5.74) is 1.33. The number of rotatable bonds is 6. The molecule has 0 unspecified atom stereocenters. The number of hydrogen-bond donors (Lipinski definition) is 1. The Morgan fingerprint density at radius 3 is 2.52 bits per heavy atom. The van der Waals surface area contributed by atoms with Crippen LogP contribution in [-0.4, -0.2) is 38.1 Å². The van der Waals surface area contributed by atoms with Crippen molar-refractivity contribution < 1.29 is 22.7 Å². The molecule has 2 aromatic carbocycles. The Balaban J connectivity index is 1.62. The van der Waals surface area contributed by atoms with Crippen LogP contribution < -0.4 is 10.1 Å². The van der Waals surface area contributed by atoms with Gasteiger partial charge in [-0.15, -0.1) is 10.2 Å². The monoisotopic (exact) mass is 475 g/mol. The van der Waals surface area contributed by atoms with E-state index in [1.165, 1.54) is 6.92 Å². The molecule has 1 amide bonds. The molecule has 4 rings (SSSR count). The number of amides is 1.